The standard InChI is InChI=1S/C18H17Cl2NO4S/c1-2-26(23,24)21-11-13-7-4-3-6-12(13)10-15(21)18(22)25-16-9-5-8-14(19)17(16)20/h3-9,15H,2,10-11H2,1H3/t15-/m1/s1. The van der Waals surface area contributed by atoms with Gasteiger partial charge in [-0.1, -0.05) is 53.5 Å². The first-order valence-corrected chi connectivity index (χ1v) is 10.4. The molecule has 26 heavy (non-hydrogen) atoms. The molecule has 138 valence electrons. The Bertz CT molecular complexity index is 946. The van der Waals surface area contributed by atoms with Gasteiger partial charge in [-0.15, -0.1) is 0 Å². The van der Waals surface area contributed by atoms with Crippen LogP contribution in [-0.4, -0.2) is 30.5 Å². The minimum Gasteiger partial charge on any atom is -0.424 e. The minimum atomic E-state index is -3.60. The summed E-state index contributed by atoms with van der Waals surface area (Å²) in [7, 11) is -3.60. The van der Waals surface area contributed by atoms with Gasteiger partial charge in [0.15, 0.2) is 5.75 Å². The number of fused-ring (bicyclic) bond motifs is 1. The molecule has 1 aliphatic rings. The molecule has 1 aliphatic heterocycles. The summed E-state index contributed by atoms with van der Waals surface area (Å²) in [6.45, 7) is 1.68. The second-order valence-electron chi connectivity index (χ2n) is 5.91. The van der Waals surface area contributed by atoms with E-state index in [0.717, 1.165) is 11.1 Å². The summed E-state index contributed by atoms with van der Waals surface area (Å²) >= 11 is 12.0. The van der Waals surface area contributed by atoms with E-state index in [1.807, 2.05) is 24.3 Å². The third-order valence-electron chi connectivity index (χ3n) is 4.33. The van der Waals surface area contributed by atoms with Crippen LogP contribution in [-0.2, 0) is 27.8 Å². The Morgan fingerprint density at radius 3 is 2.54 bits per heavy atom. The number of carbonyl (C=O) groups excluding carboxylic acids is 1. The van der Waals surface area contributed by atoms with E-state index in [4.69, 9.17) is 27.9 Å². The zero-order valence-electron chi connectivity index (χ0n) is 14.0. The molecule has 0 radical (unpaired) electrons. The third-order valence-corrected chi connectivity index (χ3v) is 6.96. The van der Waals surface area contributed by atoms with Crippen LogP contribution in [0.2, 0.25) is 10.0 Å². The van der Waals surface area contributed by atoms with Gasteiger partial charge in [-0.2, -0.15) is 4.31 Å². The molecular formula is C18H17Cl2NO4S. The lowest BCUT2D eigenvalue weighted by Gasteiger charge is -2.34. The molecule has 0 saturated carbocycles. The summed E-state index contributed by atoms with van der Waals surface area (Å²) in [5.41, 5.74) is 1.81. The third kappa shape index (κ3) is 3.74. The number of ether oxygens (including phenoxy) is 1. The van der Waals surface area contributed by atoms with Crippen molar-refractivity contribution in [3.63, 3.8) is 0 Å². The molecule has 0 amide bonds. The van der Waals surface area contributed by atoms with Gasteiger partial charge < -0.3 is 4.74 Å². The van der Waals surface area contributed by atoms with E-state index in [-0.39, 0.29) is 34.5 Å². The number of carbonyl (C=O) groups is 1. The minimum absolute atomic E-state index is 0.100. The maximum Gasteiger partial charge on any atom is 0.330 e. The van der Waals surface area contributed by atoms with E-state index in [2.05, 4.69) is 0 Å². The molecule has 8 heteroatoms. The van der Waals surface area contributed by atoms with Gasteiger partial charge in [-0.3, -0.25) is 0 Å². The van der Waals surface area contributed by atoms with Gasteiger partial charge in [0.25, 0.3) is 0 Å². The molecule has 2 aromatic rings. The first kappa shape index (κ1) is 19.2. The Morgan fingerprint density at radius 1 is 1.15 bits per heavy atom. The average molecular weight is 414 g/mol. The Kier molecular flexibility index (Phi) is 5.58. The molecule has 1 atom stereocenters. The lowest BCUT2D eigenvalue weighted by atomic mass is 9.96. The number of hydrogen-bond acceptors (Lipinski definition) is 4. The van der Waals surface area contributed by atoms with Crippen LogP contribution in [0, 0.1) is 0 Å². The second-order valence-corrected chi connectivity index (χ2v) is 8.90. The number of nitrogens with zero attached hydrogens (tertiary/aromatic N) is 1. The first-order chi connectivity index (χ1) is 12.3. The summed E-state index contributed by atoms with van der Waals surface area (Å²) in [5, 5.41) is 0.368. The fraction of sp³-hybridized carbons (Fsp3) is 0.278. The highest BCUT2D eigenvalue weighted by molar-refractivity contribution is 7.89. The number of halogens is 2. The zero-order chi connectivity index (χ0) is 18.9. The van der Waals surface area contributed by atoms with Crippen molar-refractivity contribution in [3.8, 4) is 5.75 Å². The van der Waals surface area contributed by atoms with E-state index in [1.165, 1.54) is 10.4 Å². The van der Waals surface area contributed by atoms with Gasteiger partial charge in [0.1, 0.15) is 11.1 Å². The van der Waals surface area contributed by atoms with Gasteiger partial charge in [0, 0.05) is 13.0 Å². The zero-order valence-corrected chi connectivity index (χ0v) is 16.3. The van der Waals surface area contributed by atoms with Crippen molar-refractivity contribution in [2.24, 2.45) is 0 Å². The highest BCUT2D eigenvalue weighted by atomic mass is 35.5. The highest BCUT2D eigenvalue weighted by Gasteiger charge is 2.39. The van der Waals surface area contributed by atoms with E-state index < -0.39 is 22.0 Å². The summed E-state index contributed by atoms with van der Waals surface area (Å²) in [5.74, 6) is -0.672. The van der Waals surface area contributed by atoms with Crippen molar-refractivity contribution in [2.45, 2.75) is 25.9 Å². The molecule has 0 aromatic heterocycles. The van der Waals surface area contributed by atoms with Crippen molar-refractivity contribution in [3.05, 3.63) is 63.6 Å². The van der Waals surface area contributed by atoms with E-state index >= 15 is 0 Å². The molecule has 0 fully saturated rings. The van der Waals surface area contributed by atoms with E-state index in [0.29, 0.717) is 0 Å². The van der Waals surface area contributed by atoms with Gasteiger partial charge in [-0.25, -0.2) is 13.2 Å². The van der Waals surface area contributed by atoms with Crippen LogP contribution in [0.15, 0.2) is 42.5 Å². The van der Waals surface area contributed by atoms with Crippen molar-refractivity contribution in [1.29, 1.82) is 0 Å². The Labute approximate surface area is 162 Å². The number of esters is 1. The van der Waals surface area contributed by atoms with Gasteiger partial charge in [0.05, 0.1) is 10.8 Å². The molecule has 1 heterocycles. The van der Waals surface area contributed by atoms with E-state index in [1.54, 1.807) is 19.1 Å². The second kappa shape index (κ2) is 7.56. The summed E-state index contributed by atoms with van der Waals surface area (Å²) < 4.78 is 31.6. The van der Waals surface area contributed by atoms with E-state index in [9.17, 15) is 13.2 Å². The van der Waals surface area contributed by atoms with Crippen molar-refractivity contribution < 1.29 is 17.9 Å². The van der Waals surface area contributed by atoms with Gasteiger partial charge in [-0.05, 0) is 30.2 Å². The Hall–Kier alpha value is -1.60. The molecule has 2 aromatic carbocycles. The van der Waals surface area contributed by atoms with Crippen molar-refractivity contribution in [2.75, 3.05) is 5.75 Å². The summed E-state index contributed by atoms with van der Waals surface area (Å²) in [6.07, 6.45) is 0.242. The largest absolute Gasteiger partial charge is 0.424 e. The smallest absolute Gasteiger partial charge is 0.330 e. The fourth-order valence-electron chi connectivity index (χ4n) is 2.90. The number of sulfonamides is 1. The van der Waals surface area contributed by atoms with Crippen LogP contribution in [0.5, 0.6) is 5.75 Å². The predicted octanol–water partition coefficient (Wildman–Crippen LogP) is 3.68. The molecule has 5 nitrogen and oxygen atoms in total. The van der Waals surface area contributed by atoms with Crippen LogP contribution < -0.4 is 4.74 Å². The van der Waals surface area contributed by atoms with Crippen molar-refractivity contribution >= 4 is 39.2 Å². The molecule has 0 spiro atoms. The number of benzene rings is 2. The maximum absolute atomic E-state index is 12.8. The molecule has 0 aliphatic carbocycles. The first-order valence-electron chi connectivity index (χ1n) is 8.05. The Balaban J connectivity index is 1.94. The molecule has 3 rings (SSSR count). The Morgan fingerprint density at radius 2 is 1.85 bits per heavy atom. The molecule has 0 saturated heterocycles. The number of rotatable bonds is 4. The maximum atomic E-state index is 12.8. The normalized spacial score (nSPS) is 17.6. The van der Waals surface area contributed by atoms with Gasteiger partial charge in [0.2, 0.25) is 10.0 Å². The molecule has 0 N–H and O–H groups in total. The lowest BCUT2D eigenvalue weighted by Crippen LogP contribution is -2.50. The van der Waals surface area contributed by atoms with Crippen LogP contribution in [0.4, 0.5) is 0 Å². The van der Waals surface area contributed by atoms with Crippen LogP contribution >= 0.6 is 23.2 Å². The SMILES string of the molecule is CCS(=O)(=O)N1Cc2ccccc2C[C@@H]1C(=O)Oc1cccc(Cl)c1Cl. The average Bonchev–Trinajstić information content (AvgIpc) is 2.64. The summed E-state index contributed by atoms with van der Waals surface area (Å²) in [6, 6.07) is 11.2. The summed E-state index contributed by atoms with van der Waals surface area (Å²) in [4.78, 5) is 12.8. The molecule has 0 bridgehead atoms. The molecule has 0 unspecified atom stereocenters. The van der Waals surface area contributed by atoms with Crippen molar-refractivity contribution in [1.82, 2.24) is 4.31 Å². The van der Waals surface area contributed by atoms with Gasteiger partial charge >= 0.3 is 5.97 Å². The van der Waals surface area contributed by atoms with Crippen LogP contribution in [0.25, 0.3) is 0 Å². The van der Waals surface area contributed by atoms with Crippen LogP contribution in [0.1, 0.15) is 18.1 Å². The van der Waals surface area contributed by atoms with Crippen LogP contribution in [0.3, 0.4) is 0 Å². The highest BCUT2D eigenvalue weighted by Crippen LogP contribution is 2.33. The lowest BCUT2D eigenvalue weighted by molar-refractivity contribution is -0.139. The molecular weight excluding hydrogens is 397 g/mol. The number of hydrogen-bond donors (Lipinski definition) is 0. The topological polar surface area (TPSA) is 63.7 Å². The monoisotopic (exact) mass is 413 g/mol. The predicted molar refractivity (Wildman–Crippen MR) is 101 cm³/mol. The fourth-order valence-corrected chi connectivity index (χ4v) is 4.44. The quantitative estimate of drug-likeness (QED) is 0.566.